The van der Waals surface area contributed by atoms with E-state index < -0.39 is 35.8 Å². The Balaban J connectivity index is 1.58. The third kappa shape index (κ3) is 6.21. The molecule has 2 aromatic carbocycles. The first-order chi connectivity index (χ1) is 19.3. The summed E-state index contributed by atoms with van der Waals surface area (Å²) in [6.07, 6.45) is -7.68. The largest absolute Gasteiger partial charge is 0.492 e. The molecule has 2 N–H and O–H groups in total. The van der Waals surface area contributed by atoms with Crippen LogP contribution in [0.4, 0.5) is 31.5 Å². The Morgan fingerprint density at radius 1 is 1.07 bits per heavy atom. The molecule has 1 fully saturated rings. The highest BCUT2D eigenvalue weighted by Crippen LogP contribution is 2.41. The molecular weight excluding hydrogens is 572 g/mol. The molecule has 3 heterocycles. The van der Waals surface area contributed by atoms with Crippen molar-refractivity contribution in [2.24, 2.45) is 10.2 Å². The highest BCUT2D eigenvalue weighted by molar-refractivity contribution is 7.17. The topological polar surface area (TPSA) is 90.2 Å². The van der Waals surface area contributed by atoms with Gasteiger partial charge in [-0.05, 0) is 53.5 Å². The number of piperidine rings is 1. The minimum absolute atomic E-state index is 0.00199. The third-order valence-corrected chi connectivity index (χ3v) is 8.06. The number of thiazole rings is 1. The van der Waals surface area contributed by atoms with Crippen molar-refractivity contribution in [3.05, 3.63) is 74.1 Å². The molecule has 0 atom stereocenters. The maximum Gasteiger partial charge on any atom is 0.416 e. The van der Waals surface area contributed by atoms with Crippen LogP contribution in [0.25, 0.3) is 5.57 Å². The summed E-state index contributed by atoms with van der Waals surface area (Å²) in [5.41, 5.74) is -2.34. The van der Waals surface area contributed by atoms with Crippen LogP contribution in [0.5, 0.6) is 5.88 Å². The molecule has 0 bridgehead atoms. The van der Waals surface area contributed by atoms with Crippen LogP contribution in [0, 0.1) is 0 Å². The van der Waals surface area contributed by atoms with E-state index in [2.05, 4.69) is 20.5 Å². The van der Waals surface area contributed by atoms with Crippen molar-refractivity contribution in [3.63, 3.8) is 0 Å². The molecule has 41 heavy (non-hydrogen) atoms. The molecule has 1 aromatic heterocycles. The van der Waals surface area contributed by atoms with Crippen LogP contribution >= 0.6 is 11.3 Å². The first-order valence-corrected chi connectivity index (χ1v) is 13.3. The van der Waals surface area contributed by atoms with Gasteiger partial charge in [0.2, 0.25) is 11.8 Å². The van der Waals surface area contributed by atoms with Crippen LogP contribution in [-0.2, 0) is 23.6 Å². The normalized spacial score (nSPS) is 16.4. The van der Waals surface area contributed by atoms with Crippen molar-refractivity contribution >= 4 is 34.2 Å². The maximum atomic E-state index is 14.0. The number of nitrogens with zero attached hydrogens (tertiary/aromatic N) is 4. The lowest BCUT2D eigenvalue weighted by atomic mass is 9.94. The second kappa shape index (κ2) is 10.8. The quantitative estimate of drug-likeness (QED) is 0.428. The number of carbonyl (C=O) groups is 1. The molecule has 14 heteroatoms. The number of amides is 1. The maximum absolute atomic E-state index is 14.0. The number of anilines is 1. The third-order valence-electron chi connectivity index (χ3n) is 6.89. The standard InChI is InChI=1S/C27H23F6N5O2S/c1-14(39)35-19-6-8-38(9-7-19)25-36-24(40)23(41-25)20(15-3-5-22-17(10-15)13-34-37-22)11-16-2-4-18(26(28,29)30)12-21(16)27(31,32)33/h2-5,10,12-13,19,40H,6-9,11H2,1H3,(H,35,39). The Morgan fingerprint density at radius 2 is 1.80 bits per heavy atom. The fourth-order valence-electron chi connectivity index (χ4n) is 4.90. The Labute approximate surface area is 233 Å². The lowest BCUT2D eigenvalue weighted by Crippen LogP contribution is -2.44. The van der Waals surface area contributed by atoms with Gasteiger partial charge in [-0.3, -0.25) is 4.79 Å². The Hall–Kier alpha value is -3.94. The second-order valence-electron chi connectivity index (χ2n) is 9.75. The summed E-state index contributed by atoms with van der Waals surface area (Å²) >= 11 is 1.08. The zero-order valence-electron chi connectivity index (χ0n) is 21.5. The number of benzene rings is 2. The Kier molecular flexibility index (Phi) is 7.53. The average Bonchev–Trinajstić information content (AvgIpc) is 3.52. The van der Waals surface area contributed by atoms with Gasteiger partial charge >= 0.3 is 12.4 Å². The van der Waals surface area contributed by atoms with E-state index in [0.29, 0.717) is 53.3 Å². The van der Waals surface area contributed by atoms with Crippen molar-refractivity contribution < 1.29 is 36.2 Å². The minimum Gasteiger partial charge on any atom is -0.492 e. The van der Waals surface area contributed by atoms with E-state index in [1.165, 1.54) is 13.1 Å². The van der Waals surface area contributed by atoms with E-state index in [1.54, 1.807) is 18.2 Å². The molecule has 0 unspecified atom stereocenters. The highest BCUT2D eigenvalue weighted by atomic mass is 32.1. The SMILES string of the molecule is CC(=O)NC1CCN(c2nc(O)c(C(Cc3ccc(C(F)(F)F)cc3C(F)(F)F)=c3ccc4c(c3)C=NN=4)s2)CC1. The molecule has 1 amide bonds. The van der Waals surface area contributed by atoms with Gasteiger partial charge < -0.3 is 15.3 Å². The first-order valence-electron chi connectivity index (χ1n) is 12.5. The van der Waals surface area contributed by atoms with Gasteiger partial charge in [0, 0.05) is 38.0 Å². The van der Waals surface area contributed by atoms with Crippen LogP contribution in [0.1, 0.15) is 46.9 Å². The fourth-order valence-corrected chi connectivity index (χ4v) is 5.98. The van der Waals surface area contributed by atoms with Crippen LogP contribution in [0.3, 0.4) is 0 Å². The number of nitrogens with one attached hydrogen (secondary N) is 1. The van der Waals surface area contributed by atoms with Crippen molar-refractivity contribution in [2.75, 3.05) is 18.0 Å². The number of alkyl halides is 6. The summed E-state index contributed by atoms with van der Waals surface area (Å²) in [6.45, 7) is 2.50. The lowest BCUT2D eigenvalue weighted by molar-refractivity contribution is -0.143. The number of aromatic nitrogens is 1. The van der Waals surface area contributed by atoms with Crippen molar-refractivity contribution in [2.45, 2.75) is 44.6 Å². The summed E-state index contributed by atoms with van der Waals surface area (Å²) < 4.78 is 81.8. The van der Waals surface area contributed by atoms with E-state index in [0.717, 1.165) is 17.4 Å². The van der Waals surface area contributed by atoms with Gasteiger partial charge in [-0.2, -0.15) is 41.5 Å². The van der Waals surface area contributed by atoms with E-state index in [9.17, 15) is 36.2 Å². The number of halogens is 6. The van der Waals surface area contributed by atoms with E-state index in [1.807, 2.05) is 4.90 Å². The minimum atomic E-state index is -5.05. The van der Waals surface area contributed by atoms with Crippen LogP contribution in [-0.4, -0.2) is 41.3 Å². The van der Waals surface area contributed by atoms with Gasteiger partial charge in [-0.15, -0.1) is 0 Å². The molecule has 0 saturated carbocycles. The predicted molar refractivity (Wildman–Crippen MR) is 140 cm³/mol. The molecule has 216 valence electrons. The van der Waals surface area contributed by atoms with E-state index in [-0.39, 0.29) is 34.0 Å². The average molecular weight is 596 g/mol. The molecule has 0 spiro atoms. The highest BCUT2D eigenvalue weighted by Gasteiger charge is 2.38. The van der Waals surface area contributed by atoms with E-state index in [4.69, 9.17) is 0 Å². The second-order valence-corrected chi connectivity index (χ2v) is 10.7. The van der Waals surface area contributed by atoms with Gasteiger partial charge in [0.15, 0.2) is 5.13 Å². The van der Waals surface area contributed by atoms with Crippen LogP contribution in [0.15, 0.2) is 46.6 Å². The summed E-state index contributed by atoms with van der Waals surface area (Å²) in [5, 5.41) is 23.0. The number of hydrogen-bond donors (Lipinski definition) is 2. The fraction of sp³-hybridized carbons (Fsp3) is 0.333. The summed E-state index contributed by atoms with van der Waals surface area (Å²) in [7, 11) is 0. The molecule has 1 saturated heterocycles. The van der Waals surface area contributed by atoms with Gasteiger partial charge in [-0.1, -0.05) is 23.5 Å². The molecule has 3 aromatic rings. The van der Waals surface area contributed by atoms with Crippen molar-refractivity contribution in [3.8, 4) is 5.88 Å². The van der Waals surface area contributed by atoms with Crippen LogP contribution in [0.2, 0.25) is 0 Å². The zero-order valence-corrected chi connectivity index (χ0v) is 22.3. The van der Waals surface area contributed by atoms with Gasteiger partial charge in [0.25, 0.3) is 0 Å². The Morgan fingerprint density at radius 3 is 2.46 bits per heavy atom. The number of fused-ring (bicyclic) bond motifs is 1. The zero-order chi connectivity index (χ0) is 29.5. The molecule has 5 rings (SSSR count). The first kappa shape index (κ1) is 28.6. The molecule has 2 aliphatic rings. The van der Waals surface area contributed by atoms with Gasteiger partial charge in [0.1, 0.15) is 0 Å². The summed E-state index contributed by atoms with van der Waals surface area (Å²) in [5.74, 6) is -0.533. The predicted octanol–water partition coefficient (Wildman–Crippen LogP) is 4.40. The van der Waals surface area contributed by atoms with Gasteiger partial charge in [-0.25, -0.2) is 0 Å². The number of rotatable bonds is 5. The van der Waals surface area contributed by atoms with Crippen LogP contribution < -0.4 is 20.8 Å². The number of hydrogen-bond acceptors (Lipinski definition) is 7. The van der Waals surface area contributed by atoms with Crippen molar-refractivity contribution in [1.82, 2.24) is 10.3 Å². The van der Waals surface area contributed by atoms with Crippen molar-refractivity contribution in [1.29, 1.82) is 0 Å². The molecular formula is C27H23F6N5O2S. The number of aromatic hydroxyl groups is 1. The molecule has 7 nitrogen and oxygen atoms in total. The lowest BCUT2D eigenvalue weighted by Gasteiger charge is -2.31. The number of carbonyl (C=O) groups excluding carboxylic acids is 1. The Bertz CT molecular complexity index is 1640. The van der Waals surface area contributed by atoms with E-state index >= 15 is 0 Å². The molecule has 2 aliphatic heterocycles. The molecule has 0 radical (unpaired) electrons. The molecule has 0 aliphatic carbocycles. The monoisotopic (exact) mass is 595 g/mol. The van der Waals surface area contributed by atoms with Gasteiger partial charge in [0.05, 0.1) is 27.6 Å². The summed E-state index contributed by atoms with van der Waals surface area (Å²) in [6, 6.07) is 6.44. The smallest absolute Gasteiger partial charge is 0.416 e. The summed E-state index contributed by atoms with van der Waals surface area (Å²) in [4.78, 5) is 17.8.